The van der Waals surface area contributed by atoms with Gasteiger partial charge in [-0.15, -0.1) is 0 Å². The van der Waals surface area contributed by atoms with E-state index in [1.54, 1.807) is 18.5 Å². The molecule has 0 aliphatic carbocycles. The average Bonchev–Trinajstić information content (AvgIpc) is 2.88. The van der Waals surface area contributed by atoms with Crippen molar-refractivity contribution in [3.63, 3.8) is 0 Å². The largest absolute Gasteiger partial charge is 0.334 e. The Morgan fingerprint density at radius 2 is 2.19 bits per heavy atom. The molecule has 112 valence electrons. The van der Waals surface area contributed by atoms with E-state index in [4.69, 9.17) is 0 Å². The summed E-state index contributed by atoms with van der Waals surface area (Å²) in [6.45, 7) is 4.95. The molecule has 3 heterocycles. The first kappa shape index (κ1) is 14.1. The zero-order valence-corrected chi connectivity index (χ0v) is 13.0. The van der Waals surface area contributed by atoms with Crippen LogP contribution in [0.2, 0.25) is 0 Å². The van der Waals surface area contributed by atoms with Crippen LogP contribution in [0.5, 0.6) is 0 Å². The van der Waals surface area contributed by atoms with E-state index in [1.165, 1.54) is 4.31 Å². The molecule has 3 rings (SSSR count). The Kier molecular flexibility index (Phi) is 3.44. The first-order valence-electron chi connectivity index (χ1n) is 7.04. The fourth-order valence-corrected chi connectivity index (χ4v) is 4.17. The van der Waals surface area contributed by atoms with Gasteiger partial charge in [-0.25, -0.2) is 4.98 Å². The van der Waals surface area contributed by atoms with Crippen molar-refractivity contribution in [1.29, 1.82) is 0 Å². The summed E-state index contributed by atoms with van der Waals surface area (Å²) in [5.41, 5.74) is 1.51. The molecule has 21 heavy (non-hydrogen) atoms. The Morgan fingerprint density at radius 1 is 1.38 bits per heavy atom. The molecule has 0 saturated carbocycles. The third-order valence-corrected chi connectivity index (χ3v) is 5.44. The average molecular weight is 306 g/mol. The van der Waals surface area contributed by atoms with Crippen molar-refractivity contribution < 1.29 is 8.42 Å². The van der Waals surface area contributed by atoms with E-state index in [2.05, 4.69) is 9.97 Å². The molecule has 6 nitrogen and oxygen atoms in total. The molecule has 0 unspecified atom stereocenters. The van der Waals surface area contributed by atoms with E-state index in [1.807, 2.05) is 24.5 Å². The van der Waals surface area contributed by atoms with Gasteiger partial charge in [-0.1, -0.05) is 0 Å². The molecule has 0 bridgehead atoms. The summed E-state index contributed by atoms with van der Waals surface area (Å²) < 4.78 is 29.0. The fraction of sp³-hybridized carbons (Fsp3) is 0.429. The van der Waals surface area contributed by atoms with Crippen LogP contribution in [0.15, 0.2) is 29.6 Å². The zero-order chi connectivity index (χ0) is 15.0. The number of sulfonamides is 1. The topological polar surface area (TPSA) is 68.1 Å². The molecule has 0 spiro atoms. The Hall–Kier alpha value is -1.89. The molecular formula is C14H18N4O2S. The maximum Gasteiger partial charge on any atom is 0.283 e. The predicted octanol–water partition coefficient (Wildman–Crippen LogP) is 1.75. The summed E-state index contributed by atoms with van der Waals surface area (Å²) >= 11 is 0. The van der Waals surface area contributed by atoms with Gasteiger partial charge in [-0.3, -0.25) is 9.29 Å². The molecular weight excluding hydrogens is 288 g/mol. The molecule has 0 aromatic carbocycles. The van der Waals surface area contributed by atoms with Crippen LogP contribution in [-0.4, -0.2) is 29.5 Å². The van der Waals surface area contributed by atoms with Crippen molar-refractivity contribution in [2.45, 2.75) is 38.3 Å². The van der Waals surface area contributed by atoms with Gasteiger partial charge in [0.2, 0.25) is 0 Å². The summed E-state index contributed by atoms with van der Waals surface area (Å²) in [4.78, 5) is 8.50. The van der Waals surface area contributed by atoms with Gasteiger partial charge in [-0.05, 0) is 38.8 Å². The van der Waals surface area contributed by atoms with Crippen LogP contribution >= 0.6 is 0 Å². The van der Waals surface area contributed by atoms with Gasteiger partial charge in [-0.2, -0.15) is 8.42 Å². The Bertz CT molecular complexity index is 767. The third kappa shape index (κ3) is 2.31. The Labute approximate surface area is 124 Å². The van der Waals surface area contributed by atoms with E-state index in [9.17, 15) is 8.42 Å². The summed E-state index contributed by atoms with van der Waals surface area (Å²) in [6, 6.07) is 3.57. The second kappa shape index (κ2) is 5.14. The second-order valence-corrected chi connectivity index (χ2v) is 6.87. The van der Waals surface area contributed by atoms with E-state index < -0.39 is 10.0 Å². The third-order valence-electron chi connectivity index (χ3n) is 3.76. The lowest BCUT2D eigenvalue weighted by molar-refractivity contribution is 0.582. The number of hydrogen-bond donors (Lipinski definition) is 0. The highest BCUT2D eigenvalue weighted by atomic mass is 32.2. The number of pyridine rings is 1. The lowest BCUT2D eigenvalue weighted by Crippen LogP contribution is -2.36. The van der Waals surface area contributed by atoms with Crippen molar-refractivity contribution in [2.24, 2.45) is 0 Å². The number of aromatic nitrogens is 3. The standard InChI is InChI=1S/C14H18N4O2S/c1-3-17-10-14(16-11(17)2)21(19,20)18-9-5-6-12-13(18)7-4-8-15-12/h4,7-8,10H,3,5-6,9H2,1-2H3. The van der Waals surface area contributed by atoms with E-state index in [-0.39, 0.29) is 5.03 Å². The summed E-state index contributed by atoms with van der Waals surface area (Å²) in [7, 11) is -3.63. The molecule has 1 aliphatic rings. The number of fused-ring (bicyclic) bond motifs is 1. The van der Waals surface area contributed by atoms with Crippen LogP contribution in [-0.2, 0) is 23.0 Å². The van der Waals surface area contributed by atoms with Gasteiger partial charge in [0.25, 0.3) is 10.0 Å². The molecule has 0 N–H and O–H groups in total. The number of nitrogens with zero attached hydrogens (tertiary/aromatic N) is 4. The minimum atomic E-state index is -3.63. The molecule has 2 aromatic rings. The Morgan fingerprint density at radius 3 is 2.90 bits per heavy atom. The molecule has 2 aromatic heterocycles. The van der Waals surface area contributed by atoms with Gasteiger partial charge < -0.3 is 4.57 Å². The number of anilines is 1. The molecule has 0 saturated heterocycles. The van der Waals surface area contributed by atoms with E-state index in [0.29, 0.717) is 24.6 Å². The van der Waals surface area contributed by atoms with Crippen molar-refractivity contribution in [3.8, 4) is 0 Å². The van der Waals surface area contributed by atoms with Gasteiger partial charge in [0.15, 0.2) is 5.03 Å². The first-order valence-corrected chi connectivity index (χ1v) is 8.48. The number of aryl methyl sites for hydroxylation is 3. The SMILES string of the molecule is CCn1cc(S(=O)(=O)N2CCCc3ncccc32)nc1C. The zero-order valence-electron chi connectivity index (χ0n) is 12.2. The lowest BCUT2D eigenvalue weighted by atomic mass is 10.1. The molecule has 0 fully saturated rings. The summed E-state index contributed by atoms with van der Waals surface area (Å²) in [5, 5.41) is 0.110. The normalized spacial score (nSPS) is 15.0. The van der Waals surface area contributed by atoms with Gasteiger partial charge >= 0.3 is 0 Å². The van der Waals surface area contributed by atoms with Crippen LogP contribution in [0.4, 0.5) is 5.69 Å². The summed E-state index contributed by atoms with van der Waals surface area (Å²) in [6.07, 6.45) is 4.89. The van der Waals surface area contributed by atoms with Gasteiger partial charge in [0.1, 0.15) is 5.82 Å². The van der Waals surface area contributed by atoms with Crippen LogP contribution in [0.3, 0.4) is 0 Å². The van der Waals surface area contributed by atoms with Crippen LogP contribution < -0.4 is 4.31 Å². The number of rotatable bonds is 3. The summed E-state index contributed by atoms with van der Waals surface area (Å²) in [5.74, 6) is 0.708. The van der Waals surface area contributed by atoms with Crippen LogP contribution in [0.25, 0.3) is 0 Å². The minimum Gasteiger partial charge on any atom is -0.334 e. The molecule has 0 radical (unpaired) electrons. The quantitative estimate of drug-likeness (QED) is 0.866. The molecule has 0 atom stereocenters. The van der Waals surface area contributed by atoms with Crippen LogP contribution in [0.1, 0.15) is 24.9 Å². The monoisotopic (exact) mass is 306 g/mol. The van der Waals surface area contributed by atoms with Gasteiger partial charge in [0, 0.05) is 25.5 Å². The molecule has 7 heteroatoms. The predicted molar refractivity (Wildman–Crippen MR) is 79.7 cm³/mol. The number of imidazole rings is 1. The first-order chi connectivity index (χ1) is 10.0. The molecule has 1 aliphatic heterocycles. The molecule has 0 amide bonds. The van der Waals surface area contributed by atoms with Crippen molar-refractivity contribution in [3.05, 3.63) is 36.0 Å². The van der Waals surface area contributed by atoms with E-state index in [0.717, 1.165) is 18.5 Å². The van der Waals surface area contributed by atoms with Crippen molar-refractivity contribution in [2.75, 3.05) is 10.8 Å². The minimum absolute atomic E-state index is 0.110. The highest BCUT2D eigenvalue weighted by Crippen LogP contribution is 2.30. The maximum atomic E-state index is 12.9. The smallest absolute Gasteiger partial charge is 0.283 e. The highest BCUT2D eigenvalue weighted by molar-refractivity contribution is 7.92. The fourth-order valence-electron chi connectivity index (χ4n) is 2.65. The lowest BCUT2D eigenvalue weighted by Gasteiger charge is -2.28. The number of hydrogen-bond acceptors (Lipinski definition) is 4. The maximum absolute atomic E-state index is 12.9. The Balaban J connectivity index is 2.07. The highest BCUT2D eigenvalue weighted by Gasteiger charge is 2.31. The van der Waals surface area contributed by atoms with Crippen molar-refractivity contribution in [1.82, 2.24) is 14.5 Å². The van der Waals surface area contributed by atoms with E-state index >= 15 is 0 Å². The van der Waals surface area contributed by atoms with Gasteiger partial charge in [0.05, 0.1) is 11.4 Å². The van der Waals surface area contributed by atoms with Crippen molar-refractivity contribution >= 4 is 15.7 Å². The second-order valence-electron chi connectivity index (χ2n) is 5.06. The van der Waals surface area contributed by atoms with Crippen LogP contribution in [0, 0.1) is 6.92 Å².